The fourth-order valence-electron chi connectivity index (χ4n) is 4.63. The number of carbonyl (C=O) groups excluding carboxylic acids is 3. The van der Waals surface area contributed by atoms with Crippen LogP contribution in [0.4, 0.5) is 4.79 Å². The van der Waals surface area contributed by atoms with Crippen LogP contribution in [0.1, 0.15) is 64.0 Å². The van der Waals surface area contributed by atoms with Gasteiger partial charge >= 0.3 is 6.09 Å². The van der Waals surface area contributed by atoms with E-state index in [1.165, 1.54) is 5.56 Å². The smallest absolute Gasteiger partial charge is 0.408 e. The van der Waals surface area contributed by atoms with Gasteiger partial charge in [0.1, 0.15) is 12.6 Å². The summed E-state index contributed by atoms with van der Waals surface area (Å²) in [5, 5.41) is 5.77. The predicted molar refractivity (Wildman–Crippen MR) is 149 cm³/mol. The lowest BCUT2D eigenvalue weighted by Gasteiger charge is -2.34. The van der Waals surface area contributed by atoms with Crippen molar-refractivity contribution in [1.82, 2.24) is 15.5 Å². The first-order chi connectivity index (χ1) is 18.2. The Labute approximate surface area is 227 Å². The average Bonchev–Trinajstić information content (AvgIpc) is 2.91. The van der Waals surface area contributed by atoms with Crippen LogP contribution in [0.15, 0.2) is 60.7 Å². The summed E-state index contributed by atoms with van der Waals surface area (Å²) in [6, 6.07) is 19.3. The molecule has 38 heavy (non-hydrogen) atoms. The van der Waals surface area contributed by atoms with Gasteiger partial charge in [-0.2, -0.15) is 0 Å². The van der Waals surface area contributed by atoms with Crippen LogP contribution in [-0.4, -0.2) is 48.5 Å². The normalized spacial score (nSPS) is 15.0. The lowest BCUT2D eigenvalue weighted by atomic mass is 9.90. The maximum atomic E-state index is 13.5. The van der Waals surface area contributed by atoms with Crippen molar-refractivity contribution in [3.05, 3.63) is 71.8 Å². The largest absolute Gasteiger partial charge is 0.445 e. The Balaban J connectivity index is 1.51. The van der Waals surface area contributed by atoms with Crippen LogP contribution in [0.3, 0.4) is 0 Å². The highest BCUT2D eigenvalue weighted by Crippen LogP contribution is 2.23. The van der Waals surface area contributed by atoms with Crippen molar-refractivity contribution in [2.45, 2.75) is 71.9 Å². The molecule has 1 fully saturated rings. The average molecular weight is 522 g/mol. The molecule has 0 radical (unpaired) electrons. The number of rotatable bonds is 11. The molecular weight excluding hydrogens is 478 g/mol. The molecule has 206 valence electrons. The Hall–Kier alpha value is -3.35. The van der Waals surface area contributed by atoms with E-state index in [0.29, 0.717) is 38.4 Å². The van der Waals surface area contributed by atoms with E-state index in [4.69, 9.17) is 4.74 Å². The van der Waals surface area contributed by atoms with Crippen LogP contribution in [-0.2, 0) is 27.4 Å². The van der Waals surface area contributed by atoms with E-state index in [2.05, 4.69) is 34.9 Å². The fraction of sp³-hybridized carbons (Fsp3) is 0.516. The van der Waals surface area contributed by atoms with Crippen molar-refractivity contribution < 1.29 is 19.1 Å². The second-order valence-electron chi connectivity index (χ2n) is 11.2. The number of hydrogen-bond acceptors (Lipinski definition) is 4. The number of hydrogen-bond donors (Lipinski definition) is 2. The van der Waals surface area contributed by atoms with Gasteiger partial charge in [-0.05, 0) is 55.6 Å². The van der Waals surface area contributed by atoms with Crippen molar-refractivity contribution in [3.63, 3.8) is 0 Å². The number of amides is 3. The van der Waals surface area contributed by atoms with E-state index in [9.17, 15) is 14.4 Å². The second kappa shape index (κ2) is 14.6. The summed E-state index contributed by atoms with van der Waals surface area (Å²) in [6.45, 7) is 7.71. The molecule has 1 atom stereocenters. The maximum Gasteiger partial charge on any atom is 0.408 e. The minimum Gasteiger partial charge on any atom is -0.445 e. The fourth-order valence-corrected chi connectivity index (χ4v) is 4.63. The first-order valence-corrected chi connectivity index (χ1v) is 13.8. The molecule has 0 saturated carbocycles. The van der Waals surface area contributed by atoms with Crippen LogP contribution in [0, 0.1) is 11.3 Å². The second-order valence-corrected chi connectivity index (χ2v) is 11.2. The van der Waals surface area contributed by atoms with Crippen LogP contribution < -0.4 is 10.6 Å². The Morgan fingerprint density at radius 3 is 2.13 bits per heavy atom. The summed E-state index contributed by atoms with van der Waals surface area (Å²) >= 11 is 0. The third kappa shape index (κ3) is 9.84. The van der Waals surface area contributed by atoms with Gasteiger partial charge in [0.05, 0.1) is 0 Å². The Morgan fingerprint density at radius 1 is 0.921 bits per heavy atom. The standard InChI is InChI=1S/C31H43N3O4/c1-31(2,3)29(36)32-19-11-10-16-27(33-30(37)38-23-26-14-8-5-9-15-26)28(35)34-20-17-25(18-21-34)22-24-12-6-4-7-13-24/h4-9,12-15,25,27H,10-11,16-23H2,1-3H3,(H,32,36)(H,33,37)/t27-/m0/s1. The third-order valence-electron chi connectivity index (χ3n) is 6.98. The van der Waals surface area contributed by atoms with E-state index in [1.54, 1.807) is 0 Å². The Bertz CT molecular complexity index is 1010. The van der Waals surface area contributed by atoms with E-state index in [-0.39, 0.29) is 18.4 Å². The summed E-state index contributed by atoms with van der Waals surface area (Å²) in [4.78, 5) is 40.0. The molecule has 1 aliphatic heterocycles. The lowest BCUT2D eigenvalue weighted by molar-refractivity contribution is -0.135. The summed E-state index contributed by atoms with van der Waals surface area (Å²) < 4.78 is 5.40. The number of nitrogens with zero attached hydrogens (tertiary/aromatic N) is 1. The number of ether oxygens (including phenoxy) is 1. The van der Waals surface area contributed by atoms with E-state index in [0.717, 1.165) is 31.2 Å². The number of likely N-dealkylation sites (tertiary alicyclic amines) is 1. The van der Waals surface area contributed by atoms with Crippen LogP contribution in [0.2, 0.25) is 0 Å². The maximum absolute atomic E-state index is 13.5. The Kier molecular flexibility index (Phi) is 11.2. The quantitative estimate of drug-likeness (QED) is 0.403. The van der Waals surface area contributed by atoms with Crippen molar-refractivity contribution in [3.8, 4) is 0 Å². The van der Waals surface area contributed by atoms with Gasteiger partial charge in [0.2, 0.25) is 11.8 Å². The van der Waals surface area contributed by atoms with Gasteiger partial charge in [-0.1, -0.05) is 81.4 Å². The number of alkyl carbamates (subject to hydrolysis) is 1. The van der Waals surface area contributed by atoms with Crippen LogP contribution in [0.5, 0.6) is 0 Å². The summed E-state index contributed by atoms with van der Waals surface area (Å²) in [5.41, 5.74) is 1.78. The molecule has 0 spiro atoms. The zero-order chi connectivity index (χ0) is 27.4. The van der Waals surface area contributed by atoms with Gasteiger partial charge in [-0.15, -0.1) is 0 Å². The third-order valence-corrected chi connectivity index (χ3v) is 6.98. The molecule has 3 rings (SSSR count). The molecular formula is C31H43N3O4. The van der Waals surface area contributed by atoms with Gasteiger partial charge in [-0.25, -0.2) is 4.79 Å². The molecule has 7 heteroatoms. The summed E-state index contributed by atoms with van der Waals surface area (Å²) in [7, 11) is 0. The van der Waals surface area contributed by atoms with E-state index in [1.807, 2.05) is 62.1 Å². The topological polar surface area (TPSA) is 87.7 Å². The van der Waals surface area contributed by atoms with Gasteiger partial charge in [0.15, 0.2) is 0 Å². The highest BCUT2D eigenvalue weighted by molar-refractivity contribution is 5.85. The number of piperidine rings is 1. The molecule has 0 bridgehead atoms. The predicted octanol–water partition coefficient (Wildman–Crippen LogP) is 5.10. The zero-order valence-corrected chi connectivity index (χ0v) is 23.1. The van der Waals surface area contributed by atoms with Crippen LogP contribution >= 0.6 is 0 Å². The molecule has 2 N–H and O–H groups in total. The monoisotopic (exact) mass is 521 g/mol. The Morgan fingerprint density at radius 2 is 1.53 bits per heavy atom. The van der Waals surface area contributed by atoms with Crippen molar-refractivity contribution in [1.29, 1.82) is 0 Å². The van der Waals surface area contributed by atoms with E-state index >= 15 is 0 Å². The highest BCUT2D eigenvalue weighted by Gasteiger charge is 2.29. The molecule has 2 aromatic carbocycles. The van der Waals surface area contributed by atoms with Gasteiger partial charge in [-0.3, -0.25) is 9.59 Å². The molecule has 1 saturated heterocycles. The molecule has 7 nitrogen and oxygen atoms in total. The summed E-state index contributed by atoms with van der Waals surface area (Å²) in [6.07, 6.45) is 4.25. The van der Waals surface area contributed by atoms with E-state index < -0.39 is 17.6 Å². The van der Waals surface area contributed by atoms with Gasteiger partial charge < -0.3 is 20.3 Å². The zero-order valence-electron chi connectivity index (χ0n) is 23.1. The minimum absolute atomic E-state index is 0.00566. The highest BCUT2D eigenvalue weighted by atomic mass is 16.5. The molecule has 3 amide bonds. The van der Waals surface area contributed by atoms with Crippen molar-refractivity contribution in [2.24, 2.45) is 11.3 Å². The first-order valence-electron chi connectivity index (χ1n) is 13.8. The van der Waals surface area contributed by atoms with Crippen LogP contribution in [0.25, 0.3) is 0 Å². The molecule has 2 aromatic rings. The van der Waals surface area contributed by atoms with Gasteiger partial charge in [0, 0.05) is 25.0 Å². The van der Waals surface area contributed by atoms with Gasteiger partial charge in [0.25, 0.3) is 0 Å². The number of benzene rings is 2. The van der Waals surface area contributed by atoms with Crippen molar-refractivity contribution >= 4 is 17.9 Å². The lowest BCUT2D eigenvalue weighted by Crippen LogP contribution is -2.51. The molecule has 0 aromatic heterocycles. The molecule has 0 aliphatic carbocycles. The SMILES string of the molecule is CC(C)(C)C(=O)NCCCC[C@H](NC(=O)OCc1ccccc1)C(=O)N1CCC(Cc2ccccc2)CC1. The number of carbonyl (C=O) groups is 3. The molecule has 1 heterocycles. The number of nitrogens with one attached hydrogen (secondary N) is 2. The molecule has 0 unspecified atom stereocenters. The van der Waals surface area contributed by atoms with Crippen molar-refractivity contribution in [2.75, 3.05) is 19.6 Å². The molecule has 1 aliphatic rings. The number of unbranched alkanes of at least 4 members (excludes halogenated alkanes) is 1. The first kappa shape index (κ1) is 29.2. The minimum atomic E-state index is -0.651. The summed E-state index contributed by atoms with van der Waals surface area (Å²) in [5.74, 6) is 0.500.